The first-order valence-electron chi connectivity index (χ1n) is 11.1. The molecule has 2 fully saturated rings. The molecule has 1 atom stereocenters. The van der Waals surface area contributed by atoms with Crippen molar-refractivity contribution in [1.29, 1.82) is 0 Å². The lowest BCUT2D eigenvalue weighted by Gasteiger charge is -2.35. The highest BCUT2D eigenvalue weighted by atomic mass is 19.1. The molecule has 1 aromatic rings. The molecule has 7 nitrogen and oxygen atoms in total. The molecule has 3 amide bonds. The fourth-order valence-corrected chi connectivity index (χ4v) is 4.55. The van der Waals surface area contributed by atoms with Gasteiger partial charge in [0, 0.05) is 50.0 Å². The number of benzene rings is 1. The summed E-state index contributed by atoms with van der Waals surface area (Å²) >= 11 is 0. The minimum Gasteiger partial charge on any atom is -0.339 e. The van der Waals surface area contributed by atoms with Crippen molar-refractivity contribution in [2.75, 3.05) is 26.2 Å². The van der Waals surface area contributed by atoms with Gasteiger partial charge in [0.2, 0.25) is 5.91 Å². The summed E-state index contributed by atoms with van der Waals surface area (Å²) < 4.78 is 14.6. The molecule has 2 aliphatic heterocycles. The third kappa shape index (κ3) is 3.97. The van der Waals surface area contributed by atoms with E-state index in [1.807, 2.05) is 17.1 Å². The largest absolute Gasteiger partial charge is 0.339 e. The van der Waals surface area contributed by atoms with Gasteiger partial charge in [0.05, 0.1) is 11.3 Å². The molecule has 2 heterocycles. The maximum atomic E-state index is 14.6. The molecule has 0 radical (unpaired) electrons. The molecule has 0 aromatic heterocycles. The zero-order valence-corrected chi connectivity index (χ0v) is 17.7. The number of halogens is 1. The quantitative estimate of drug-likeness (QED) is 0.784. The maximum Gasteiger partial charge on any atom is 0.267 e. The van der Waals surface area contributed by atoms with Gasteiger partial charge in [-0.25, -0.2) is 9.82 Å². The number of hydrogen-bond acceptors (Lipinski definition) is 4. The summed E-state index contributed by atoms with van der Waals surface area (Å²) in [5.41, 5.74) is 4.80. The minimum absolute atomic E-state index is 0.0317. The molecular formula is C24H25FN4O3. The van der Waals surface area contributed by atoms with Gasteiger partial charge in [-0.05, 0) is 37.0 Å². The fourth-order valence-electron chi connectivity index (χ4n) is 4.55. The highest BCUT2D eigenvalue weighted by Gasteiger charge is 2.35. The van der Waals surface area contributed by atoms with Crippen molar-refractivity contribution in [2.45, 2.75) is 25.7 Å². The van der Waals surface area contributed by atoms with Crippen LogP contribution in [0.2, 0.25) is 0 Å². The van der Waals surface area contributed by atoms with Crippen LogP contribution < -0.4 is 5.43 Å². The van der Waals surface area contributed by atoms with Gasteiger partial charge >= 0.3 is 0 Å². The average Bonchev–Trinajstić information content (AvgIpc) is 3.67. The second-order valence-corrected chi connectivity index (χ2v) is 8.77. The molecule has 4 aliphatic rings. The minimum atomic E-state index is -0.560. The Morgan fingerprint density at radius 2 is 1.88 bits per heavy atom. The van der Waals surface area contributed by atoms with Crippen molar-refractivity contribution in [2.24, 2.45) is 16.9 Å². The molecule has 5 rings (SSSR count). The van der Waals surface area contributed by atoms with Crippen LogP contribution in [0.15, 0.2) is 47.1 Å². The topological polar surface area (TPSA) is 82.1 Å². The number of carbonyl (C=O) groups excluding carboxylic acids is 3. The normalized spacial score (nSPS) is 22.7. The Morgan fingerprint density at radius 1 is 1.12 bits per heavy atom. The number of hydrogen-bond donors (Lipinski definition) is 1. The van der Waals surface area contributed by atoms with E-state index < -0.39 is 5.82 Å². The van der Waals surface area contributed by atoms with E-state index in [4.69, 9.17) is 0 Å². The van der Waals surface area contributed by atoms with Crippen molar-refractivity contribution in [3.63, 3.8) is 0 Å². The van der Waals surface area contributed by atoms with E-state index in [9.17, 15) is 18.8 Å². The van der Waals surface area contributed by atoms with Crippen LogP contribution in [-0.2, 0) is 16.0 Å². The molecule has 1 saturated carbocycles. The summed E-state index contributed by atoms with van der Waals surface area (Å²) in [5.74, 6) is -0.879. The van der Waals surface area contributed by atoms with Crippen LogP contribution in [0, 0.1) is 17.7 Å². The van der Waals surface area contributed by atoms with Crippen LogP contribution in [0.25, 0.3) is 0 Å². The molecule has 1 unspecified atom stereocenters. The number of piperazine rings is 1. The first-order valence-corrected chi connectivity index (χ1v) is 11.1. The third-order valence-electron chi connectivity index (χ3n) is 6.58. The Morgan fingerprint density at radius 3 is 2.62 bits per heavy atom. The van der Waals surface area contributed by atoms with Gasteiger partial charge < -0.3 is 9.80 Å². The van der Waals surface area contributed by atoms with Crippen LogP contribution in [0.1, 0.15) is 35.2 Å². The van der Waals surface area contributed by atoms with E-state index in [2.05, 4.69) is 10.5 Å². The molecule has 166 valence electrons. The second-order valence-electron chi connectivity index (χ2n) is 8.77. The fraction of sp³-hybridized carbons (Fsp3) is 0.417. The second kappa shape index (κ2) is 8.33. The molecule has 1 aromatic carbocycles. The van der Waals surface area contributed by atoms with Gasteiger partial charge in [-0.3, -0.25) is 14.4 Å². The summed E-state index contributed by atoms with van der Waals surface area (Å²) in [7, 11) is 0. The van der Waals surface area contributed by atoms with Crippen LogP contribution in [0.4, 0.5) is 4.39 Å². The summed E-state index contributed by atoms with van der Waals surface area (Å²) in [6.07, 6.45) is 8.68. The van der Waals surface area contributed by atoms with E-state index in [0.717, 1.165) is 24.1 Å². The highest BCUT2D eigenvalue weighted by Crippen LogP contribution is 2.31. The van der Waals surface area contributed by atoms with E-state index in [1.54, 1.807) is 23.1 Å². The SMILES string of the molecule is O=C1NN=C(Cc2ccc(F)c(C(=O)N3CCN(C(=O)C4CC4)CC3)c2)C2CC=CC=C12. The Bertz CT molecular complexity index is 1070. The average molecular weight is 436 g/mol. The number of rotatable bonds is 4. The lowest BCUT2D eigenvalue weighted by molar-refractivity contribution is -0.134. The number of allylic oxidation sites excluding steroid dienone is 3. The molecule has 1 saturated heterocycles. The van der Waals surface area contributed by atoms with Crippen LogP contribution in [0.3, 0.4) is 0 Å². The zero-order valence-electron chi connectivity index (χ0n) is 17.7. The van der Waals surface area contributed by atoms with Gasteiger partial charge in [-0.2, -0.15) is 5.10 Å². The molecule has 8 heteroatoms. The van der Waals surface area contributed by atoms with Crippen molar-refractivity contribution >= 4 is 23.4 Å². The van der Waals surface area contributed by atoms with Gasteiger partial charge in [0.1, 0.15) is 5.82 Å². The number of fused-ring (bicyclic) bond motifs is 1. The Hall–Kier alpha value is -3.29. The van der Waals surface area contributed by atoms with Crippen LogP contribution in [0.5, 0.6) is 0 Å². The monoisotopic (exact) mass is 436 g/mol. The third-order valence-corrected chi connectivity index (χ3v) is 6.58. The van der Waals surface area contributed by atoms with Gasteiger partial charge in [0.25, 0.3) is 11.8 Å². The molecule has 1 N–H and O–H groups in total. The molecule has 0 spiro atoms. The summed E-state index contributed by atoms with van der Waals surface area (Å²) in [6.45, 7) is 1.79. The lowest BCUT2D eigenvalue weighted by atomic mass is 9.83. The smallest absolute Gasteiger partial charge is 0.267 e. The van der Waals surface area contributed by atoms with Crippen molar-refractivity contribution in [3.05, 3.63) is 58.9 Å². The summed E-state index contributed by atoms with van der Waals surface area (Å²) in [4.78, 5) is 40.7. The number of amides is 3. The van der Waals surface area contributed by atoms with Crippen molar-refractivity contribution < 1.29 is 18.8 Å². The van der Waals surface area contributed by atoms with Gasteiger partial charge in [-0.1, -0.05) is 24.3 Å². The van der Waals surface area contributed by atoms with Crippen LogP contribution >= 0.6 is 0 Å². The summed E-state index contributed by atoms with van der Waals surface area (Å²) in [6, 6.07) is 4.55. The number of nitrogens with zero attached hydrogens (tertiary/aromatic N) is 3. The highest BCUT2D eigenvalue weighted by molar-refractivity contribution is 6.07. The number of nitrogens with one attached hydrogen (secondary N) is 1. The standard InChI is InChI=1S/C24H25FN4O3/c25-20-8-5-15(14-21-17-3-1-2-4-18(17)22(30)27-26-21)13-19(20)24(32)29-11-9-28(10-12-29)23(31)16-6-7-16/h1-2,4-5,8,13,16-17H,3,6-7,9-12,14H2,(H,27,30). The molecule has 0 bridgehead atoms. The molecule has 32 heavy (non-hydrogen) atoms. The summed E-state index contributed by atoms with van der Waals surface area (Å²) in [5, 5.41) is 4.24. The van der Waals surface area contributed by atoms with Gasteiger partial charge in [0.15, 0.2) is 0 Å². The van der Waals surface area contributed by atoms with Gasteiger partial charge in [-0.15, -0.1) is 0 Å². The van der Waals surface area contributed by atoms with Crippen molar-refractivity contribution in [1.82, 2.24) is 15.2 Å². The van der Waals surface area contributed by atoms with E-state index in [-0.39, 0.29) is 35.1 Å². The number of hydrazone groups is 1. The van der Waals surface area contributed by atoms with Crippen LogP contribution in [-0.4, -0.2) is 59.4 Å². The molecular weight excluding hydrogens is 411 g/mol. The van der Waals surface area contributed by atoms with E-state index >= 15 is 0 Å². The van der Waals surface area contributed by atoms with E-state index in [0.29, 0.717) is 44.6 Å². The lowest BCUT2D eigenvalue weighted by Crippen LogP contribution is -2.51. The first-order chi connectivity index (χ1) is 15.5. The Balaban J connectivity index is 1.28. The predicted molar refractivity (Wildman–Crippen MR) is 116 cm³/mol. The zero-order chi connectivity index (χ0) is 22.2. The predicted octanol–water partition coefficient (Wildman–Crippen LogP) is 2.05. The van der Waals surface area contributed by atoms with E-state index in [1.165, 1.54) is 6.07 Å². The number of carbonyl (C=O) groups is 3. The first kappa shape index (κ1) is 20.6. The van der Waals surface area contributed by atoms with Crippen molar-refractivity contribution in [3.8, 4) is 0 Å². The Kier molecular flexibility index (Phi) is 5.36. The Labute approximate surface area is 185 Å². The maximum absolute atomic E-state index is 14.6. The molecule has 2 aliphatic carbocycles.